The van der Waals surface area contributed by atoms with Gasteiger partial charge < -0.3 is 4.84 Å². The van der Waals surface area contributed by atoms with Gasteiger partial charge in [0.1, 0.15) is 5.82 Å². The molecule has 0 radical (unpaired) electrons. The Morgan fingerprint density at radius 2 is 1.80 bits per heavy atom. The second-order valence-corrected chi connectivity index (χ2v) is 9.67. The van der Waals surface area contributed by atoms with E-state index in [1.54, 1.807) is 16.7 Å². The first-order valence-corrected chi connectivity index (χ1v) is 12.5. The maximum absolute atomic E-state index is 13.6. The zero-order valence-corrected chi connectivity index (χ0v) is 20.8. The fourth-order valence-electron chi connectivity index (χ4n) is 4.61. The van der Waals surface area contributed by atoms with E-state index in [0.717, 1.165) is 54.0 Å². The van der Waals surface area contributed by atoms with Crippen molar-refractivity contribution >= 4 is 28.2 Å². The van der Waals surface area contributed by atoms with Crippen LogP contribution >= 0.6 is 11.6 Å². The number of hydrogen-bond acceptors (Lipinski definition) is 4. The predicted molar refractivity (Wildman–Crippen MR) is 142 cm³/mol. The lowest BCUT2D eigenvalue weighted by atomic mass is 9.89. The van der Waals surface area contributed by atoms with Gasteiger partial charge in [0.25, 0.3) is 5.56 Å². The summed E-state index contributed by atoms with van der Waals surface area (Å²) in [6, 6.07) is 23.2. The van der Waals surface area contributed by atoms with Crippen LogP contribution in [0, 0.1) is 0 Å². The number of benzene rings is 3. The van der Waals surface area contributed by atoms with Gasteiger partial charge in [-0.05, 0) is 55.3 Å². The lowest BCUT2D eigenvalue weighted by Gasteiger charge is -2.21. The molecule has 2 heterocycles. The highest BCUT2D eigenvalue weighted by molar-refractivity contribution is 6.30. The Labute approximate surface area is 210 Å². The van der Waals surface area contributed by atoms with Gasteiger partial charge >= 0.3 is 0 Å². The standard InChI is InChI=1S/C29H28ClN3O2/c1-3-4-6-11-27-31-25-18-20(26-19-29(2,35-32-26)21-9-7-5-8-10-21)12-17-24(25)28(34)33(27)23-15-13-22(30)14-16-23/h5,7-10,12-18H,3-4,6,11,19H2,1-2H3. The molecule has 4 aromatic rings. The molecule has 0 bridgehead atoms. The largest absolute Gasteiger partial charge is 0.384 e. The summed E-state index contributed by atoms with van der Waals surface area (Å²) in [6.45, 7) is 4.22. The third kappa shape index (κ3) is 4.61. The third-order valence-electron chi connectivity index (χ3n) is 6.61. The van der Waals surface area contributed by atoms with Crippen molar-refractivity contribution in [2.75, 3.05) is 0 Å². The molecule has 0 aliphatic carbocycles. The van der Waals surface area contributed by atoms with Crippen LogP contribution < -0.4 is 5.56 Å². The molecular weight excluding hydrogens is 458 g/mol. The summed E-state index contributed by atoms with van der Waals surface area (Å²) in [6.07, 6.45) is 4.52. The number of aryl methyl sites for hydroxylation is 1. The Kier molecular flexibility index (Phi) is 6.44. The van der Waals surface area contributed by atoms with Crippen LogP contribution in [0.1, 0.15) is 56.5 Å². The lowest BCUT2D eigenvalue weighted by Crippen LogP contribution is -2.24. The Morgan fingerprint density at radius 3 is 2.54 bits per heavy atom. The van der Waals surface area contributed by atoms with E-state index < -0.39 is 5.60 Å². The summed E-state index contributed by atoms with van der Waals surface area (Å²) < 4.78 is 1.72. The molecule has 0 spiro atoms. The summed E-state index contributed by atoms with van der Waals surface area (Å²) in [7, 11) is 0. The normalized spacial score (nSPS) is 17.4. The first kappa shape index (κ1) is 23.3. The second kappa shape index (κ2) is 9.67. The quantitative estimate of drug-likeness (QED) is 0.270. The van der Waals surface area contributed by atoms with E-state index in [-0.39, 0.29) is 5.56 Å². The van der Waals surface area contributed by atoms with E-state index in [1.807, 2.05) is 48.5 Å². The minimum Gasteiger partial charge on any atom is -0.384 e. The SMILES string of the molecule is CCCCCc1nc2cc(C3=NOC(C)(c4ccccc4)C3)ccc2c(=O)n1-c1ccc(Cl)cc1. The van der Waals surface area contributed by atoms with Crippen LogP contribution in [0.5, 0.6) is 0 Å². The van der Waals surface area contributed by atoms with Gasteiger partial charge in [0.05, 0.1) is 22.3 Å². The van der Waals surface area contributed by atoms with Crippen LogP contribution in [-0.4, -0.2) is 15.3 Å². The van der Waals surface area contributed by atoms with E-state index in [9.17, 15) is 4.79 Å². The van der Waals surface area contributed by atoms with Crippen molar-refractivity contribution < 1.29 is 4.84 Å². The molecule has 1 aliphatic heterocycles. The number of aromatic nitrogens is 2. The number of fused-ring (bicyclic) bond motifs is 1. The van der Waals surface area contributed by atoms with Crippen molar-refractivity contribution in [1.29, 1.82) is 0 Å². The Bertz CT molecular complexity index is 1450. The van der Waals surface area contributed by atoms with Gasteiger partial charge in [-0.2, -0.15) is 0 Å². The maximum atomic E-state index is 13.6. The summed E-state index contributed by atoms with van der Waals surface area (Å²) in [5, 5.41) is 5.63. The summed E-state index contributed by atoms with van der Waals surface area (Å²) in [5.41, 5.74) is 3.73. The highest BCUT2D eigenvalue weighted by Crippen LogP contribution is 2.36. The van der Waals surface area contributed by atoms with Crippen molar-refractivity contribution in [2.24, 2.45) is 5.16 Å². The minimum absolute atomic E-state index is 0.0749. The minimum atomic E-state index is -0.512. The number of oxime groups is 1. The van der Waals surface area contributed by atoms with Crippen LogP contribution in [-0.2, 0) is 16.9 Å². The number of rotatable bonds is 7. The zero-order valence-electron chi connectivity index (χ0n) is 20.0. The van der Waals surface area contributed by atoms with E-state index in [1.165, 1.54) is 0 Å². The zero-order chi connectivity index (χ0) is 24.4. The van der Waals surface area contributed by atoms with Crippen molar-refractivity contribution in [3.05, 3.63) is 105 Å². The predicted octanol–water partition coefficient (Wildman–Crippen LogP) is 6.81. The topological polar surface area (TPSA) is 56.5 Å². The lowest BCUT2D eigenvalue weighted by molar-refractivity contribution is -0.00738. The molecular formula is C29H28ClN3O2. The molecule has 35 heavy (non-hydrogen) atoms. The molecule has 6 heteroatoms. The monoisotopic (exact) mass is 485 g/mol. The molecule has 1 aromatic heterocycles. The maximum Gasteiger partial charge on any atom is 0.265 e. The van der Waals surface area contributed by atoms with E-state index in [2.05, 4.69) is 31.1 Å². The summed E-state index contributed by atoms with van der Waals surface area (Å²) in [4.78, 5) is 24.5. The van der Waals surface area contributed by atoms with Gasteiger partial charge in [0.2, 0.25) is 0 Å². The van der Waals surface area contributed by atoms with Crippen LogP contribution in [0.25, 0.3) is 16.6 Å². The van der Waals surface area contributed by atoms with Gasteiger partial charge in [-0.3, -0.25) is 9.36 Å². The van der Waals surface area contributed by atoms with Gasteiger partial charge in [-0.1, -0.05) is 72.9 Å². The summed E-state index contributed by atoms with van der Waals surface area (Å²) in [5.74, 6) is 0.758. The Hall–Kier alpha value is -3.44. The second-order valence-electron chi connectivity index (χ2n) is 9.24. The average molecular weight is 486 g/mol. The molecule has 5 rings (SSSR count). The molecule has 3 aromatic carbocycles. The molecule has 1 aliphatic rings. The van der Waals surface area contributed by atoms with E-state index >= 15 is 0 Å². The highest BCUT2D eigenvalue weighted by Gasteiger charge is 2.36. The molecule has 0 N–H and O–H groups in total. The van der Waals surface area contributed by atoms with E-state index in [0.29, 0.717) is 22.3 Å². The average Bonchev–Trinajstić information content (AvgIpc) is 3.29. The third-order valence-corrected chi connectivity index (χ3v) is 6.86. The van der Waals surface area contributed by atoms with Crippen molar-refractivity contribution in [3.8, 4) is 5.69 Å². The fraction of sp³-hybridized carbons (Fsp3) is 0.276. The van der Waals surface area contributed by atoms with Crippen molar-refractivity contribution in [3.63, 3.8) is 0 Å². The highest BCUT2D eigenvalue weighted by atomic mass is 35.5. The smallest absolute Gasteiger partial charge is 0.265 e. The van der Waals surface area contributed by atoms with Crippen LogP contribution in [0.4, 0.5) is 0 Å². The van der Waals surface area contributed by atoms with Crippen LogP contribution in [0.15, 0.2) is 82.7 Å². The first-order chi connectivity index (χ1) is 17.0. The molecule has 0 saturated heterocycles. The molecule has 0 amide bonds. The van der Waals surface area contributed by atoms with Gasteiger partial charge in [-0.15, -0.1) is 0 Å². The number of hydrogen-bond donors (Lipinski definition) is 0. The molecule has 178 valence electrons. The van der Waals surface area contributed by atoms with Gasteiger partial charge in [0, 0.05) is 23.4 Å². The fourth-order valence-corrected chi connectivity index (χ4v) is 4.73. The molecule has 5 nitrogen and oxygen atoms in total. The Morgan fingerprint density at radius 1 is 1.03 bits per heavy atom. The van der Waals surface area contributed by atoms with Crippen molar-refractivity contribution in [1.82, 2.24) is 9.55 Å². The van der Waals surface area contributed by atoms with Crippen molar-refractivity contribution in [2.45, 2.75) is 51.6 Å². The van der Waals surface area contributed by atoms with Gasteiger partial charge in [-0.25, -0.2) is 4.98 Å². The number of unbranched alkanes of at least 4 members (excludes halogenated alkanes) is 2. The van der Waals surface area contributed by atoms with Gasteiger partial charge in [0.15, 0.2) is 5.60 Å². The first-order valence-electron chi connectivity index (χ1n) is 12.1. The molecule has 1 atom stereocenters. The molecule has 1 unspecified atom stereocenters. The molecule has 0 saturated carbocycles. The number of halogens is 1. The molecule has 0 fully saturated rings. The number of nitrogens with zero attached hydrogens (tertiary/aromatic N) is 3. The van der Waals surface area contributed by atoms with E-state index in [4.69, 9.17) is 21.4 Å². The Balaban J connectivity index is 1.54. The van der Waals surface area contributed by atoms with Crippen LogP contribution in [0.3, 0.4) is 0 Å². The summed E-state index contributed by atoms with van der Waals surface area (Å²) >= 11 is 6.09. The van der Waals surface area contributed by atoms with Crippen LogP contribution in [0.2, 0.25) is 5.02 Å².